The van der Waals surface area contributed by atoms with Gasteiger partial charge in [-0.05, 0) is 25.2 Å². The van der Waals surface area contributed by atoms with E-state index in [1.165, 1.54) is 0 Å². The van der Waals surface area contributed by atoms with Crippen LogP contribution in [-0.2, 0) is 98.1 Å². The van der Waals surface area contributed by atoms with E-state index in [2.05, 4.69) is 16.2 Å². The van der Waals surface area contributed by atoms with Crippen molar-refractivity contribution in [1.82, 2.24) is 9.97 Å². The first-order valence-corrected chi connectivity index (χ1v) is 2.89. The van der Waals surface area contributed by atoms with E-state index in [4.69, 9.17) is 0 Å². The van der Waals surface area contributed by atoms with Gasteiger partial charge in [0.1, 0.15) is 0 Å². The molecule has 0 N–H and O–H groups in total. The third-order valence-electron chi connectivity index (χ3n) is 1.24. The molecule has 0 amide bonds. The second-order valence-corrected chi connectivity index (χ2v) is 2.09. The van der Waals surface area contributed by atoms with Gasteiger partial charge < -0.3 is 4.98 Å². The molecular formula is C7H9N2Y3-. The predicted molar refractivity (Wildman–Crippen MR) is 35.1 cm³/mol. The van der Waals surface area contributed by atoms with Gasteiger partial charge in [0.25, 0.3) is 0 Å². The minimum atomic E-state index is 0. The molecule has 3 radical (unpaired) electrons. The van der Waals surface area contributed by atoms with Crippen LogP contribution in [0, 0.1) is 27.0 Å². The summed E-state index contributed by atoms with van der Waals surface area (Å²) in [4.78, 5) is 8.15. The monoisotopic (exact) mass is 388 g/mol. The SMILES string of the molecule is Cc1[c-]nc(C)c(C)n1.[Y].[Y].[Y]. The van der Waals surface area contributed by atoms with Gasteiger partial charge in [0.05, 0.1) is 0 Å². The van der Waals surface area contributed by atoms with E-state index in [-0.39, 0.29) is 98.1 Å². The number of aromatic nitrogens is 2. The van der Waals surface area contributed by atoms with Crippen molar-refractivity contribution in [1.29, 1.82) is 0 Å². The van der Waals surface area contributed by atoms with E-state index in [0.29, 0.717) is 0 Å². The van der Waals surface area contributed by atoms with E-state index in [1.54, 1.807) is 0 Å². The van der Waals surface area contributed by atoms with E-state index < -0.39 is 0 Å². The molecule has 0 aliphatic carbocycles. The van der Waals surface area contributed by atoms with Crippen molar-refractivity contribution < 1.29 is 98.1 Å². The molecule has 5 heteroatoms. The Morgan fingerprint density at radius 1 is 0.917 bits per heavy atom. The molecule has 0 bridgehead atoms. The Labute approximate surface area is 149 Å². The number of hydrogen-bond acceptors (Lipinski definition) is 2. The number of aryl methyl sites for hydroxylation is 3. The zero-order chi connectivity index (χ0) is 6.85. The van der Waals surface area contributed by atoms with Crippen LogP contribution in [0.5, 0.6) is 0 Å². The van der Waals surface area contributed by atoms with Gasteiger partial charge in [-0.1, -0.05) is 12.6 Å². The molecule has 1 aromatic heterocycles. The molecule has 0 fully saturated rings. The third-order valence-corrected chi connectivity index (χ3v) is 1.24. The van der Waals surface area contributed by atoms with Crippen LogP contribution in [0.1, 0.15) is 17.1 Å². The molecule has 1 aromatic rings. The summed E-state index contributed by atoms with van der Waals surface area (Å²) in [6.45, 7) is 5.76. The molecule has 0 unspecified atom stereocenters. The van der Waals surface area contributed by atoms with E-state index >= 15 is 0 Å². The summed E-state index contributed by atoms with van der Waals surface area (Å²) in [7, 11) is 0. The van der Waals surface area contributed by atoms with Crippen LogP contribution in [0.3, 0.4) is 0 Å². The van der Waals surface area contributed by atoms with Gasteiger partial charge in [0, 0.05) is 98.1 Å². The van der Waals surface area contributed by atoms with Crippen LogP contribution in [0.25, 0.3) is 0 Å². The van der Waals surface area contributed by atoms with Crippen molar-refractivity contribution in [3.63, 3.8) is 0 Å². The maximum Gasteiger partial charge on any atom is 0 e. The van der Waals surface area contributed by atoms with Crippen LogP contribution in [0.2, 0.25) is 0 Å². The van der Waals surface area contributed by atoms with Gasteiger partial charge in [0.15, 0.2) is 0 Å². The molecule has 0 aliphatic heterocycles. The Balaban J connectivity index is -0.000000270. The smallest absolute Gasteiger partial charge is 0 e. The van der Waals surface area contributed by atoms with Gasteiger partial charge in [-0.15, -0.1) is 6.20 Å². The Morgan fingerprint density at radius 3 is 1.75 bits per heavy atom. The van der Waals surface area contributed by atoms with Crippen LogP contribution in [0.15, 0.2) is 0 Å². The first-order chi connectivity index (χ1) is 4.20. The molecule has 1 rings (SSSR count). The van der Waals surface area contributed by atoms with Crippen LogP contribution >= 0.6 is 0 Å². The first kappa shape index (κ1) is 19.9. The normalized spacial score (nSPS) is 7.25. The van der Waals surface area contributed by atoms with Gasteiger partial charge in [-0.25, -0.2) is 0 Å². The summed E-state index contributed by atoms with van der Waals surface area (Å²) in [5, 5.41) is 0. The largest absolute Gasteiger partial charge is 0.453 e. The molecule has 0 aromatic carbocycles. The molecule has 2 nitrogen and oxygen atoms in total. The average Bonchev–Trinajstić information content (AvgIpc) is 1.80. The van der Waals surface area contributed by atoms with E-state index in [0.717, 1.165) is 17.1 Å². The summed E-state index contributed by atoms with van der Waals surface area (Å²) < 4.78 is 0. The molecule has 0 aliphatic rings. The summed E-state index contributed by atoms with van der Waals surface area (Å²) in [5.74, 6) is 0. The number of rotatable bonds is 0. The molecule has 0 saturated heterocycles. The zero-order valence-electron chi connectivity index (χ0n) is 7.63. The molecule has 1 heterocycles. The maximum absolute atomic E-state index is 4.16. The fraction of sp³-hybridized carbons (Fsp3) is 0.429. The van der Waals surface area contributed by atoms with Gasteiger partial charge in [-0.3, -0.25) is 4.98 Å². The predicted octanol–water partition coefficient (Wildman–Crippen LogP) is 1.19. The standard InChI is InChI=1S/C7H9N2.3Y/c1-5-4-8-6(2)7(3)9-5;;;/h1-3H3;;;/q-1;;;. The third kappa shape index (κ3) is 6.79. The van der Waals surface area contributed by atoms with Gasteiger partial charge in [-0.2, -0.15) is 0 Å². The minimum Gasteiger partial charge on any atom is -0.453 e. The topological polar surface area (TPSA) is 25.8 Å². The van der Waals surface area contributed by atoms with Crippen molar-refractivity contribution in [3.05, 3.63) is 23.3 Å². The zero-order valence-corrected chi connectivity index (χ0v) is 16.1. The van der Waals surface area contributed by atoms with Crippen molar-refractivity contribution >= 4 is 0 Å². The van der Waals surface area contributed by atoms with Crippen molar-refractivity contribution in [3.8, 4) is 0 Å². The van der Waals surface area contributed by atoms with Crippen LogP contribution in [0.4, 0.5) is 0 Å². The molecule has 12 heavy (non-hydrogen) atoms. The van der Waals surface area contributed by atoms with E-state index in [1.807, 2.05) is 20.8 Å². The van der Waals surface area contributed by atoms with Crippen LogP contribution < -0.4 is 0 Å². The van der Waals surface area contributed by atoms with Gasteiger partial charge >= 0.3 is 0 Å². The van der Waals surface area contributed by atoms with Crippen LogP contribution in [-0.4, -0.2) is 9.97 Å². The fourth-order valence-electron chi connectivity index (χ4n) is 0.603. The summed E-state index contributed by atoms with van der Waals surface area (Å²) in [5.41, 5.74) is 2.81. The average molecular weight is 388 g/mol. The van der Waals surface area contributed by atoms with Crippen molar-refractivity contribution in [2.24, 2.45) is 0 Å². The Kier molecular flexibility index (Phi) is 16.5. The molecular weight excluding hydrogens is 379 g/mol. The summed E-state index contributed by atoms with van der Waals surface area (Å²) in [6.07, 6.45) is 2.78. The molecule has 0 spiro atoms. The van der Waals surface area contributed by atoms with Crippen molar-refractivity contribution in [2.75, 3.05) is 0 Å². The quantitative estimate of drug-likeness (QED) is 0.625. The molecule has 0 saturated carbocycles. The summed E-state index contributed by atoms with van der Waals surface area (Å²) in [6, 6.07) is 0. The maximum atomic E-state index is 4.16. The molecule has 57 valence electrons. The molecule has 0 atom stereocenters. The number of nitrogens with zero attached hydrogens (tertiary/aromatic N) is 2. The van der Waals surface area contributed by atoms with Crippen molar-refractivity contribution in [2.45, 2.75) is 20.8 Å². The summed E-state index contributed by atoms with van der Waals surface area (Å²) >= 11 is 0. The van der Waals surface area contributed by atoms with E-state index in [9.17, 15) is 0 Å². The van der Waals surface area contributed by atoms with Gasteiger partial charge in [0.2, 0.25) is 0 Å². The first-order valence-electron chi connectivity index (χ1n) is 2.89. The fourth-order valence-corrected chi connectivity index (χ4v) is 0.603. The minimum absolute atomic E-state index is 0. The number of hydrogen-bond donors (Lipinski definition) is 0. The second-order valence-electron chi connectivity index (χ2n) is 2.09. The second kappa shape index (κ2) is 9.93. The Hall–Kier alpha value is 2.39. The Morgan fingerprint density at radius 2 is 1.42 bits per heavy atom. The Bertz CT molecular complexity index is 228.